The number of amides is 1. The largest absolute Gasteiger partial charge is 0.463 e. The van der Waals surface area contributed by atoms with Crippen molar-refractivity contribution in [3.8, 4) is 0 Å². The number of unbranched alkanes of at least 4 members (excludes halogenated alkanes) is 20. The maximum absolute atomic E-state index is 13.6. The Morgan fingerprint density at radius 3 is 1.50 bits per heavy atom. The van der Waals surface area contributed by atoms with Crippen LogP contribution in [0.15, 0.2) is 30.3 Å². The van der Waals surface area contributed by atoms with Crippen LogP contribution in [-0.4, -0.2) is 97.9 Å². The summed E-state index contributed by atoms with van der Waals surface area (Å²) in [6.45, 7) is 9.24. The molecule has 1 N–H and O–H groups in total. The van der Waals surface area contributed by atoms with Crippen molar-refractivity contribution in [2.75, 3.05) is 13.2 Å². The molecule has 1 saturated heterocycles. The van der Waals surface area contributed by atoms with Gasteiger partial charge in [0.2, 0.25) is 5.91 Å². The van der Waals surface area contributed by atoms with E-state index in [1.807, 2.05) is 30.3 Å². The minimum atomic E-state index is -1.39. The van der Waals surface area contributed by atoms with E-state index in [0.717, 1.165) is 24.8 Å². The van der Waals surface area contributed by atoms with Gasteiger partial charge in [0.15, 0.2) is 24.6 Å². The molecule has 0 saturated carbocycles. The Morgan fingerprint density at radius 2 is 1.04 bits per heavy atom. The summed E-state index contributed by atoms with van der Waals surface area (Å²) in [5.41, 5.74) is 0.756. The lowest BCUT2D eigenvalue weighted by atomic mass is 9.97. The summed E-state index contributed by atoms with van der Waals surface area (Å²) in [5, 5.41) is 2.96. The Bertz CT molecular complexity index is 1560. The van der Waals surface area contributed by atoms with Crippen LogP contribution in [0.4, 0.5) is 0 Å². The van der Waals surface area contributed by atoms with Gasteiger partial charge in [-0.1, -0.05) is 173 Å². The topological polar surface area (TPSA) is 188 Å². The molecule has 1 aliphatic rings. The van der Waals surface area contributed by atoms with E-state index >= 15 is 0 Å². The standard InChI is InChI=1S/C53H87NO14/c1-8-10-11-12-13-14-15-16-17-18-19-20-21-22-23-24-25-26-27-28-32-35-48(60)54-45(49(65-41(5)57)46(9-2)64-40(4)56)37-63-53-52(62-36-44-33-30-29-31-34-44)51(67-43(7)59)50(66-42(6)58)47(68-53)38-61-39(3)55/h29-31,33-34,45-47,49-53H,8-28,32,35-38H2,1-7H3,(H,54,60)/t45-,46+,47+,49-,50-,51-,52+,53-/m0/s1. The third kappa shape index (κ3) is 27.2. The number of hydrogen-bond acceptors (Lipinski definition) is 14. The average molecular weight is 962 g/mol. The molecule has 0 spiro atoms. The number of carbonyl (C=O) groups excluding carboxylic acids is 6. The average Bonchev–Trinajstić information content (AvgIpc) is 3.29. The lowest BCUT2D eigenvalue weighted by Gasteiger charge is -2.45. The Hall–Kier alpha value is -4.08. The lowest BCUT2D eigenvalue weighted by molar-refractivity contribution is -0.317. The zero-order valence-electron chi connectivity index (χ0n) is 42.6. The normalized spacial score (nSPS) is 19.2. The molecule has 1 heterocycles. The minimum absolute atomic E-state index is 0.00595. The molecule has 1 aromatic carbocycles. The first-order valence-corrected chi connectivity index (χ1v) is 25.8. The van der Waals surface area contributed by atoms with Crippen LogP contribution in [0, 0.1) is 0 Å². The van der Waals surface area contributed by atoms with E-state index in [1.165, 1.54) is 144 Å². The van der Waals surface area contributed by atoms with Crippen molar-refractivity contribution < 1.29 is 66.7 Å². The third-order valence-corrected chi connectivity index (χ3v) is 12.0. The molecule has 1 aromatic rings. The van der Waals surface area contributed by atoms with E-state index in [0.29, 0.717) is 6.42 Å². The van der Waals surface area contributed by atoms with Crippen LogP contribution in [0.3, 0.4) is 0 Å². The molecular formula is C53H87NO14. The number of esters is 5. The van der Waals surface area contributed by atoms with E-state index < -0.39 is 85.4 Å². The summed E-state index contributed by atoms with van der Waals surface area (Å²) < 4.78 is 47.0. The molecule has 1 amide bonds. The Labute approximate surface area is 407 Å². The highest BCUT2D eigenvalue weighted by Gasteiger charge is 2.52. The van der Waals surface area contributed by atoms with Gasteiger partial charge in [0.1, 0.15) is 24.9 Å². The molecule has 15 nitrogen and oxygen atoms in total. The highest BCUT2D eigenvalue weighted by molar-refractivity contribution is 5.76. The van der Waals surface area contributed by atoms with Gasteiger partial charge in [-0.2, -0.15) is 0 Å². The summed E-state index contributed by atoms with van der Waals surface area (Å²) in [6, 6.07) is 8.06. The summed E-state index contributed by atoms with van der Waals surface area (Å²) >= 11 is 0. The molecule has 1 fully saturated rings. The molecule has 388 valence electrons. The van der Waals surface area contributed by atoms with E-state index in [2.05, 4.69) is 12.2 Å². The quantitative estimate of drug-likeness (QED) is 0.0374. The second-order valence-electron chi connectivity index (χ2n) is 18.2. The first kappa shape index (κ1) is 60.0. The van der Waals surface area contributed by atoms with E-state index in [9.17, 15) is 28.8 Å². The van der Waals surface area contributed by atoms with Crippen LogP contribution in [0.2, 0.25) is 0 Å². The molecule has 15 heteroatoms. The first-order chi connectivity index (χ1) is 32.7. The van der Waals surface area contributed by atoms with E-state index in [4.69, 9.17) is 37.9 Å². The fourth-order valence-corrected chi connectivity index (χ4v) is 8.57. The highest BCUT2D eigenvalue weighted by atomic mass is 16.7. The summed E-state index contributed by atoms with van der Waals surface area (Å²) in [5.74, 6) is -3.70. The van der Waals surface area contributed by atoms with Gasteiger partial charge in [-0.15, -0.1) is 0 Å². The van der Waals surface area contributed by atoms with Crippen molar-refractivity contribution in [3.63, 3.8) is 0 Å². The van der Waals surface area contributed by atoms with Crippen molar-refractivity contribution in [3.05, 3.63) is 35.9 Å². The maximum Gasteiger partial charge on any atom is 0.303 e. The van der Waals surface area contributed by atoms with Gasteiger partial charge in [0.05, 0.1) is 19.3 Å². The fraction of sp³-hybridized carbons (Fsp3) is 0.774. The zero-order valence-corrected chi connectivity index (χ0v) is 42.6. The predicted octanol–water partition coefficient (Wildman–Crippen LogP) is 10.1. The van der Waals surface area contributed by atoms with Gasteiger partial charge in [-0.3, -0.25) is 28.8 Å². The maximum atomic E-state index is 13.6. The van der Waals surface area contributed by atoms with Gasteiger partial charge in [-0.25, -0.2) is 0 Å². The van der Waals surface area contributed by atoms with Crippen molar-refractivity contribution >= 4 is 35.8 Å². The van der Waals surface area contributed by atoms with Crippen molar-refractivity contribution in [2.24, 2.45) is 0 Å². The van der Waals surface area contributed by atoms with Crippen LogP contribution in [0.5, 0.6) is 0 Å². The van der Waals surface area contributed by atoms with Crippen molar-refractivity contribution in [1.29, 1.82) is 0 Å². The smallest absolute Gasteiger partial charge is 0.303 e. The SMILES string of the molecule is CCCCCCCCCCCCCCCCCCCCCCCC(=O)N[C@@H](CO[C@H]1O[C@H](COC(C)=O)[C@H](OC(C)=O)[C@H](OC(C)=O)[C@H]1OCc1ccccc1)[C@H](OC(C)=O)[C@@H](CC)OC(C)=O. The molecule has 2 rings (SSSR count). The molecule has 1 aliphatic heterocycles. The summed E-state index contributed by atoms with van der Waals surface area (Å²) in [4.78, 5) is 75.3. The number of hydrogen-bond donors (Lipinski definition) is 1. The predicted molar refractivity (Wildman–Crippen MR) is 258 cm³/mol. The van der Waals surface area contributed by atoms with Crippen molar-refractivity contribution in [2.45, 2.75) is 252 Å². The van der Waals surface area contributed by atoms with Crippen LogP contribution in [0.1, 0.15) is 202 Å². The number of benzene rings is 1. The molecule has 0 unspecified atom stereocenters. The van der Waals surface area contributed by atoms with Crippen LogP contribution in [-0.2, 0) is 73.3 Å². The third-order valence-electron chi connectivity index (χ3n) is 12.0. The number of ether oxygens (including phenoxy) is 8. The van der Waals surface area contributed by atoms with Gasteiger partial charge in [0.25, 0.3) is 0 Å². The summed E-state index contributed by atoms with van der Waals surface area (Å²) in [7, 11) is 0. The van der Waals surface area contributed by atoms with E-state index in [1.54, 1.807) is 6.92 Å². The number of rotatable bonds is 38. The second kappa shape index (κ2) is 36.8. The van der Waals surface area contributed by atoms with Gasteiger partial charge in [-0.05, 0) is 18.4 Å². The van der Waals surface area contributed by atoms with Crippen molar-refractivity contribution in [1.82, 2.24) is 5.32 Å². The summed E-state index contributed by atoms with van der Waals surface area (Å²) in [6.07, 6.45) is 18.2. The molecule has 0 bridgehead atoms. The first-order valence-electron chi connectivity index (χ1n) is 25.8. The Balaban J connectivity index is 2.06. The zero-order chi connectivity index (χ0) is 49.9. The molecule has 8 atom stereocenters. The fourth-order valence-electron chi connectivity index (χ4n) is 8.57. The van der Waals surface area contributed by atoms with Crippen LogP contribution < -0.4 is 5.32 Å². The molecule has 0 aromatic heterocycles. The van der Waals surface area contributed by atoms with Crippen LogP contribution in [0.25, 0.3) is 0 Å². The number of carbonyl (C=O) groups is 6. The molecule has 68 heavy (non-hydrogen) atoms. The lowest BCUT2D eigenvalue weighted by Crippen LogP contribution is -2.63. The van der Waals surface area contributed by atoms with E-state index in [-0.39, 0.29) is 32.0 Å². The van der Waals surface area contributed by atoms with Crippen LogP contribution >= 0.6 is 0 Å². The number of nitrogens with one attached hydrogen (secondary N) is 1. The minimum Gasteiger partial charge on any atom is -0.463 e. The second-order valence-corrected chi connectivity index (χ2v) is 18.2. The monoisotopic (exact) mass is 962 g/mol. The van der Waals surface area contributed by atoms with Gasteiger partial charge in [0, 0.05) is 41.0 Å². The Kier molecular flexibility index (Phi) is 32.5. The molecule has 0 radical (unpaired) electrons. The van der Waals surface area contributed by atoms with Gasteiger partial charge < -0.3 is 43.2 Å². The highest BCUT2D eigenvalue weighted by Crippen LogP contribution is 2.31. The Morgan fingerprint density at radius 1 is 0.559 bits per heavy atom. The molecular weight excluding hydrogens is 875 g/mol. The van der Waals surface area contributed by atoms with Gasteiger partial charge >= 0.3 is 29.8 Å². The molecule has 0 aliphatic carbocycles.